The zero-order valence-corrected chi connectivity index (χ0v) is 8.34. The number of hydrogen-bond donors (Lipinski definition) is 0. The fraction of sp³-hybridized carbons (Fsp3) is 0.444. The van der Waals surface area contributed by atoms with Crippen LogP contribution in [0.3, 0.4) is 0 Å². The van der Waals surface area contributed by atoms with Gasteiger partial charge in [0.05, 0.1) is 9.90 Å². The molecule has 1 aliphatic carbocycles. The van der Waals surface area contributed by atoms with E-state index in [-0.39, 0.29) is 11.2 Å². The smallest absolute Gasteiger partial charge is 0.180 e. The van der Waals surface area contributed by atoms with E-state index in [0.717, 1.165) is 17.7 Å². The number of Topliss-reactive ketones (excluding diaryl/α,β-unsaturated/α-hetero) is 1. The highest BCUT2D eigenvalue weighted by atomic mass is 35.5. The lowest BCUT2D eigenvalue weighted by molar-refractivity contribution is 0.0917. The van der Waals surface area contributed by atoms with Gasteiger partial charge >= 0.3 is 0 Å². The Hall–Kier alpha value is -0.340. The lowest BCUT2D eigenvalue weighted by Gasteiger charge is -2.04. The van der Waals surface area contributed by atoms with E-state index >= 15 is 0 Å². The molecular weight excluding hydrogens is 192 g/mol. The highest BCUT2D eigenvalue weighted by Crippen LogP contribution is 2.49. The van der Waals surface area contributed by atoms with Gasteiger partial charge in [-0.2, -0.15) is 0 Å². The highest BCUT2D eigenvalue weighted by Gasteiger charge is 2.45. The van der Waals surface area contributed by atoms with Crippen molar-refractivity contribution in [2.45, 2.75) is 19.8 Å². The summed E-state index contributed by atoms with van der Waals surface area (Å²) in [6, 6.07) is 1.78. The van der Waals surface area contributed by atoms with Gasteiger partial charge in [0.2, 0.25) is 0 Å². The van der Waals surface area contributed by atoms with Crippen LogP contribution in [0.4, 0.5) is 0 Å². The maximum Gasteiger partial charge on any atom is 0.180 e. The van der Waals surface area contributed by atoms with Crippen molar-refractivity contribution in [3.8, 4) is 0 Å². The number of thiophene rings is 1. The lowest BCUT2D eigenvalue weighted by Crippen LogP contribution is -2.10. The second kappa shape index (κ2) is 2.57. The van der Waals surface area contributed by atoms with Crippen LogP contribution in [0, 0.1) is 5.41 Å². The largest absolute Gasteiger partial charge is 0.293 e. The van der Waals surface area contributed by atoms with Crippen LogP contribution < -0.4 is 0 Å². The van der Waals surface area contributed by atoms with Gasteiger partial charge < -0.3 is 0 Å². The van der Waals surface area contributed by atoms with Gasteiger partial charge in [-0.05, 0) is 24.3 Å². The van der Waals surface area contributed by atoms with E-state index in [9.17, 15) is 4.79 Å². The number of hydrogen-bond acceptors (Lipinski definition) is 2. The van der Waals surface area contributed by atoms with Gasteiger partial charge in [-0.3, -0.25) is 4.79 Å². The molecule has 1 heterocycles. The Morgan fingerprint density at radius 3 is 2.75 bits per heavy atom. The molecule has 0 atom stereocenters. The molecule has 1 nitrogen and oxygen atoms in total. The summed E-state index contributed by atoms with van der Waals surface area (Å²) >= 11 is 7.30. The Labute approximate surface area is 80.4 Å². The molecule has 1 aromatic rings. The third-order valence-corrected chi connectivity index (χ3v) is 3.71. The maximum atomic E-state index is 11.7. The number of rotatable bonds is 2. The second-order valence-corrected chi connectivity index (χ2v) is 4.81. The first kappa shape index (κ1) is 8.27. The van der Waals surface area contributed by atoms with Gasteiger partial charge in [0.15, 0.2) is 5.78 Å². The molecule has 0 bridgehead atoms. The Bertz CT molecular complexity index is 325. The summed E-state index contributed by atoms with van der Waals surface area (Å²) in [7, 11) is 0. The zero-order valence-electron chi connectivity index (χ0n) is 6.76. The minimum atomic E-state index is -0.0888. The molecule has 3 heteroatoms. The van der Waals surface area contributed by atoms with Crippen molar-refractivity contribution in [2.24, 2.45) is 5.41 Å². The number of halogens is 1. The molecule has 0 radical (unpaired) electrons. The van der Waals surface area contributed by atoms with E-state index in [1.165, 1.54) is 11.3 Å². The van der Waals surface area contributed by atoms with Gasteiger partial charge in [-0.1, -0.05) is 18.5 Å². The summed E-state index contributed by atoms with van der Waals surface area (Å²) in [4.78, 5) is 12.5. The van der Waals surface area contributed by atoms with Gasteiger partial charge in [0.1, 0.15) is 0 Å². The summed E-state index contributed by atoms with van der Waals surface area (Å²) in [6.45, 7) is 2.01. The van der Waals surface area contributed by atoms with Crippen LogP contribution in [0.1, 0.15) is 29.4 Å². The Balaban J connectivity index is 2.31. The summed E-state index contributed by atoms with van der Waals surface area (Å²) in [6.07, 6.45) is 2.03. The van der Waals surface area contributed by atoms with Crippen molar-refractivity contribution < 1.29 is 4.79 Å². The van der Waals surface area contributed by atoms with Gasteiger partial charge in [-0.15, -0.1) is 11.3 Å². The highest BCUT2D eigenvalue weighted by molar-refractivity contribution is 7.12. The molecule has 0 unspecified atom stereocenters. The van der Waals surface area contributed by atoms with Crippen LogP contribution >= 0.6 is 22.9 Å². The van der Waals surface area contributed by atoms with E-state index in [4.69, 9.17) is 11.6 Å². The minimum absolute atomic E-state index is 0.0888. The van der Waals surface area contributed by atoms with Crippen molar-refractivity contribution in [1.82, 2.24) is 0 Å². The number of carbonyl (C=O) groups excluding carboxylic acids is 1. The number of carbonyl (C=O) groups is 1. The average molecular weight is 201 g/mol. The molecule has 0 aromatic carbocycles. The lowest BCUT2D eigenvalue weighted by atomic mass is 10.0. The fourth-order valence-corrected chi connectivity index (χ4v) is 2.38. The first-order valence-electron chi connectivity index (χ1n) is 3.91. The van der Waals surface area contributed by atoms with Gasteiger partial charge in [0.25, 0.3) is 0 Å². The first-order chi connectivity index (χ1) is 5.63. The second-order valence-electron chi connectivity index (χ2n) is 3.49. The SMILES string of the molecule is CC1(C(=O)c2sccc2Cl)CC1. The van der Waals surface area contributed by atoms with Crippen molar-refractivity contribution in [3.63, 3.8) is 0 Å². The molecule has 2 rings (SSSR count). The monoisotopic (exact) mass is 200 g/mol. The van der Waals surface area contributed by atoms with Crippen molar-refractivity contribution >= 4 is 28.7 Å². The summed E-state index contributed by atoms with van der Waals surface area (Å²) in [5.74, 6) is 0.225. The summed E-state index contributed by atoms with van der Waals surface area (Å²) < 4.78 is 0. The van der Waals surface area contributed by atoms with Crippen LogP contribution in [0.25, 0.3) is 0 Å². The average Bonchev–Trinajstić information content (AvgIpc) is 2.63. The molecule has 12 heavy (non-hydrogen) atoms. The third-order valence-electron chi connectivity index (χ3n) is 2.37. The van der Waals surface area contributed by atoms with Crippen LogP contribution in [-0.2, 0) is 0 Å². The topological polar surface area (TPSA) is 17.1 Å². The van der Waals surface area contributed by atoms with Crippen molar-refractivity contribution in [1.29, 1.82) is 0 Å². The molecule has 1 saturated carbocycles. The van der Waals surface area contributed by atoms with E-state index in [0.29, 0.717) is 5.02 Å². The molecule has 0 aliphatic heterocycles. The predicted octanol–water partition coefficient (Wildman–Crippen LogP) is 3.38. The molecule has 1 aliphatic rings. The standard InChI is InChI=1S/C9H9ClOS/c1-9(3-4-9)8(11)7-6(10)2-5-12-7/h2,5H,3-4H2,1H3. The third kappa shape index (κ3) is 1.19. The zero-order chi connectivity index (χ0) is 8.77. The normalized spacial score (nSPS) is 19.2. The molecule has 1 aromatic heterocycles. The van der Waals surface area contributed by atoms with Crippen LogP contribution in [0.15, 0.2) is 11.4 Å². The Morgan fingerprint density at radius 1 is 1.67 bits per heavy atom. The first-order valence-corrected chi connectivity index (χ1v) is 5.17. The minimum Gasteiger partial charge on any atom is -0.293 e. The molecular formula is C9H9ClOS. The van der Waals surface area contributed by atoms with Crippen molar-refractivity contribution in [3.05, 3.63) is 21.3 Å². The molecule has 64 valence electrons. The van der Waals surface area contributed by atoms with E-state index in [1.54, 1.807) is 6.07 Å². The Morgan fingerprint density at radius 2 is 2.33 bits per heavy atom. The van der Waals surface area contributed by atoms with Gasteiger partial charge in [0, 0.05) is 5.41 Å². The van der Waals surface area contributed by atoms with Crippen molar-refractivity contribution in [2.75, 3.05) is 0 Å². The molecule has 0 N–H and O–H groups in total. The molecule has 1 fully saturated rings. The Kier molecular flexibility index (Phi) is 1.77. The maximum absolute atomic E-state index is 11.7. The predicted molar refractivity (Wildman–Crippen MR) is 51.0 cm³/mol. The summed E-state index contributed by atoms with van der Waals surface area (Å²) in [5.41, 5.74) is -0.0888. The quantitative estimate of drug-likeness (QED) is 0.669. The molecule has 0 saturated heterocycles. The summed E-state index contributed by atoms with van der Waals surface area (Å²) in [5, 5.41) is 2.47. The van der Waals surface area contributed by atoms with Crippen LogP contribution in [0.5, 0.6) is 0 Å². The van der Waals surface area contributed by atoms with E-state index < -0.39 is 0 Å². The molecule has 0 amide bonds. The van der Waals surface area contributed by atoms with Crippen LogP contribution in [0.2, 0.25) is 5.02 Å². The van der Waals surface area contributed by atoms with Crippen LogP contribution in [-0.4, -0.2) is 5.78 Å². The fourth-order valence-electron chi connectivity index (χ4n) is 1.14. The van der Waals surface area contributed by atoms with E-state index in [2.05, 4.69) is 0 Å². The molecule has 0 spiro atoms. The van der Waals surface area contributed by atoms with Gasteiger partial charge in [-0.25, -0.2) is 0 Å². The number of ketones is 1. The van der Waals surface area contributed by atoms with E-state index in [1.807, 2.05) is 12.3 Å².